The lowest BCUT2D eigenvalue weighted by atomic mass is 10.1. The summed E-state index contributed by atoms with van der Waals surface area (Å²) >= 11 is 0. The first-order valence-corrected chi connectivity index (χ1v) is 8.02. The van der Waals surface area contributed by atoms with E-state index in [1.165, 1.54) is 0 Å². The number of hydrogen-bond acceptors (Lipinski definition) is 4. The highest BCUT2D eigenvalue weighted by Gasteiger charge is 2.17. The monoisotopic (exact) mass is 295 g/mol. The van der Waals surface area contributed by atoms with Gasteiger partial charge in [-0.3, -0.25) is 0 Å². The van der Waals surface area contributed by atoms with Crippen molar-refractivity contribution in [2.24, 2.45) is 5.73 Å². The van der Waals surface area contributed by atoms with Gasteiger partial charge in [-0.25, -0.2) is 0 Å². The molecule has 0 amide bonds. The fraction of sp³-hybridized carbons (Fsp3) is 0.647. The zero-order valence-electron chi connectivity index (χ0n) is 13.6. The van der Waals surface area contributed by atoms with Gasteiger partial charge in [0, 0.05) is 0 Å². The summed E-state index contributed by atoms with van der Waals surface area (Å²) in [5, 5.41) is 0. The summed E-state index contributed by atoms with van der Waals surface area (Å²) in [7, 11) is 0. The maximum atomic E-state index is 5.93. The molecule has 4 nitrogen and oxygen atoms in total. The molecular formula is C17H29NO3. The summed E-state index contributed by atoms with van der Waals surface area (Å²) in [5.41, 5.74) is 6.78. The Morgan fingerprint density at radius 3 is 1.95 bits per heavy atom. The molecule has 1 aromatic carbocycles. The van der Waals surface area contributed by atoms with Gasteiger partial charge >= 0.3 is 0 Å². The molecule has 0 radical (unpaired) electrons. The molecule has 0 aliphatic rings. The Bertz CT molecular complexity index is 407. The van der Waals surface area contributed by atoms with E-state index in [0.29, 0.717) is 26.4 Å². The summed E-state index contributed by atoms with van der Waals surface area (Å²) in [6.45, 7) is 8.84. The SMILES string of the molecule is CCCOc1ccc(CCN)c(OCCC)c1OCCC. The van der Waals surface area contributed by atoms with Gasteiger partial charge in [-0.2, -0.15) is 0 Å². The molecule has 120 valence electrons. The average Bonchev–Trinajstić information content (AvgIpc) is 2.50. The minimum absolute atomic E-state index is 0.588. The van der Waals surface area contributed by atoms with Gasteiger partial charge < -0.3 is 19.9 Å². The van der Waals surface area contributed by atoms with Crippen molar-refractivity contribution in [1.29, 1.82) is 0 Å². The average molecular weight is 295 g/mol. The zero-order valence-corrected chi connectivity index (χ0v) is 13.6. The van der Waals surface area contributed by atoms with E-state index in [1.54, 1.807) is 0 Å². The Labute approximate surface area is 128 Å². The van der Waals surface area contributed by atoms with Crippen molar-refractivity contribution in [3.8, 4) is 17.2 Å². The minimum atomic E-state index is 0.588. The first kappa shape index (κ1) is 17.6. The lowest BCUT2D eigenvalue weighted by molar-refractivity contribution is 0.241. The third kappa shape index (κ3) is 5.46. The third-order valence-corrected chi connectivity index (χ3v) is 2.93. The molecule has 1 rings (SSSR count). The van der Waals surface area contributed by atoms with Gasteiger partial charge in [0.25, 0.3) is 0 Å². The molecule has 21 heavy (non-hydrogen) atoms. The second-order valence-corrected chi connectivity index (χ2v) is 4.97. The van der Waals surface area contributed by atoms with E-state index >= 15 is 0 Å². The number of benzene rings is 1. The summed E-state index contributed by atoms with van der Waals surface area (Å²) < 4.78 is 17.6. The first-order chi connectivity index (χ1) is 10.3. The van der Waals surface area contributed by atoms with Crippen LogP contribution in [0.3, 0.4) is 0 Å². The molecule has 4 heteroatoms. The third-order valence-electron chi connectivity index (χ3n) is 2.93. The highest BCUT2D eigenvalue weighted by molar-refractivity contribution is 5.56. The summed E-state index contributed by atoms with van der Waals surface area (Å²) in [6, 6.07) is 3.99. The van der Waals surface area contributed by atoms with Crippen molar-refractivity contribution in [3.05, 3.63) is 17.7 Å². The number of rotatable bonds is 11. The molecule has 2 N–H and O–H groups in total. The van der Waals surface area contributed by atoms with Crippen molar-refractivity contribution in [2.45, 2.75) is 46.5 Å². The standard InChI is InChI=1S/C17H29NO3/c1-4-11-19-15-8-7-14(9-10-18)16(20-12-5-2)17(15)21-13-6-3/h7-8H,4-6,9-13,18H2,1-3H3. The molecule has 0 saturated carbocycles. The maximum absolute atomic E-state index is 5.93. The maximum Gasteiger partial charge on any atom is 0.203 e. The molecule has 0 unspecified atom stereocenters. The Morgan fingerprint density at radius 1 is 0.810 bits per heavy atom. The van der Waals surface area contributed by atoms with Gasteiger partial charge in [0.2, 0.25) is 5.75 Å². The van der Waals surface area contributed by atoms with Gasteiger partial charge in [0.1, 0.15) is 0 Å². The van der Waals surface area contributed by atoms with Crippen LogP contribution >= 0.6 is 0 Å². The molecule has 0 atom stereocenters. The predicted octanol–water partition coefficient (Wildman–Crippen LogP) is 3.55. The van der Waals surface area contributed by atoms with Crippen LogP contribution < -0.4 is 19.9 Å². The highest BCUT2D eigenvalue weighted by Crippen LogP contribution is 2.41. The van der Waals surface area contributed by atoms with Crippen LogP contribution in [0, 0.1) is 0 Å². The smallest absolute Gasteiger partial charge is 0.203 e. The van der Waals surface area contributed by atoms with E-state index in [2.05, 4.69) is 20.8 Å². The zero-order chi connectivity index (χ0) is 15.5. The van der Waals surface area contributed by atoms with Crippen molar-refractivity contribution in [3.63, 3.8) is 0 Å². The fourth-order valence-corrected chi connectivity index (χ4v) is 1.97. The van der Waals surface area contributed by atoms with E-state index in [0.717, 1.165) is 48.5 Å². The van der Waals surface area contributed by atoms with Crippen LogP contribution in [0.1, 0.15) is 45.6 Å². The minimum Gasteiger partial charge on any atom is -0.490 e. The number of hydrogen-bond donors (Lipinski definition) is 1. The quantitative estimate of drug-likeness (QED) is 0.678. The van der Waals surface area contributed by atoms with Crippen LogP contribution in [0.2, 0.25) is 0 Å². The molecule has 0 fully saturated rings. The molecule has 0 bridgehead atoms. The van der Waals surface area contributed by atoms with Crippen molar-refractivity contribution < 1.29 is 14.2 Å². The molecule has 0 aliphatic carbocycles. The van der Waals surface area contributed by atoms with Crippen molar-refractivity contribution in [1.82, 2.24) is 0 Å². The topological polar surface area (TPSA) is 53.7 Å². The molecule has 0 aromatic heterocycles. The lowest BCUT2D eigenvalue weighted by Crippen LogP contribution is -2.09. The Morgan fingerprint density at radius 2 is 1.38 bits per heavy atom. The van der Waals surface area contributed by atoms with Crippen LogP contribution in [-0.2, 0) is 6.42 Å². The number of nitrogens with two attached hydrogens (primary N) is 1. The first-order valence-electron chi connectivity index (χ1n) is 8.02. The van der Waals surface area contributed by atoms with Gasteiger partial charge in [0.15, 0.2) is 11.5 Å². The van der Waals surface area contributed by atoms with Gasteiger partial charge in [-0.15, -0.1) is 0 Å². The summed E-state index contributed by atoms with van der Waals surface area (Å²) in [6.07, 6.45) is 3.63. The van der Waals surface area contributed by atoms with E-state index in [1.807, 2.05) is 12.1 Å². The fourth-order valence-electron chi connectivity index (χ4n) is 1.97. The molecule has 0 saturated heterocycles. The second-order valence-electron chi connectivity index (χ2n) is 4.97. The van der Waals surface area contributed by atoms with Crippen LogP contribution in [0.15, 0.2) is 12.1 Å². The molecule has 0 heterocycles. The van der Waals surface area contributed by atoms with Gasteiger partial charge in [-0.05, 0) is 43.9 Å². The van der Waals surface area contributed by atoms with E-state index in [9.17, 15) is 0 Å². The summed E-state index contributed by atoms with van der Waals surface area (Å²) in [4.78, 5) is 0. The molecule has 0 spiro atoms. The van der Waals surface area contributed by atoms with Gasteiger partial charge in [-0.1, -0.05) is 26.8 Å². The highest BCUT2D eigenvalue weighted by atomic mass is 16.5. The van der Waals surface area contributed by atoms with Crippen LogP contribution in [0.5, 0.6) is 17.2 Å². The van der Waals surface area contributed by atoms with Crippen LogP contribution in [0.25, 0.3) is 0 Å². The van der Waals surface area contributed by atoms with Crippen molar-refractivity contribution in [2.75, 3.05) is 26.4 Å². The largest absolute Gasteiger partial charge is 0.490 e. The molecule has 1 aromatic rings. The van der Waals surface area contributed by atoms with Crippen LogP contribution in [-0.4, -0.2) is 26.4 Å². The molecular weight excluding hydrogens is 266 g/mol. The predicted molar refractivity (Wildman–Crippen MR) is 86.6 cm³/mol. The van der Waals surface area contributed by atoms with Gasteiger partial charge in [0.05, 0.1) is 19.8 Å². The van der Waals surface area contributed by atoms with Crippen molar-refractivity contribution >= 4 is 0 Å². The van der Waals surface area contributed by atoms with E-state index < -0.39 is 0 Å². The normalized spacial score (nSPS) is 10.5. The Hall–Kier alpha value is -1.42. The summed E-state index contributed by atoms with van der Waals surface area (Å²) in [5.74, 6) is 2.28. The lowest BCUT2D eigenvalue weighted by Gasteiger charge is -2.19. The number of ether oxygens (including phenoxy) is 3. The van der Waals surface area contributed by atoms with E-state index in [4.69, 9.17) is 19.9 Å². The second kappa shape index (κ2) is 10.3. The Kier molecular flexibility index (Phi) is 8.67. The Balaban J connectivity index is 3.12. The van der Waals surface area contributed by atoms with E-state index in [-0.39, 0.29) is 0 Å². The van der Waals surface area contributed by atoms with Crippen LogP contribution in [0.4, 0.5) is 0 Å². The molecule has 0 aliphatic heterocycles.